The van der Waals surface area contributed by atoms with E-state index in [0.717, 1.165) is 11.3 Å². The molecule has 0 saturated carbocycles. The number of hydrogen-bond acceptors (Lipinski definition) is 6. The molecule has 2 N–H and O–H groups in total. The van der Waals surface area contributed by atoms with Crippen molar-refractivity contribution in [3.8, 4) is 0 Å². The van der Waals surface area contributed by atoms with Crippen molar-refractivity contribution in [1.29, 1.82) is 0 Å². The summed E-state index contributed by atoms with van der Waals surface area (Å²) in [5.74, 6) is 0. The molecule has 2 aromatic carbocycles. The molecule has 1 saturated heterocycles. The van der Waals surface area contributed by atoms with Gasteiger partial charge in [0, 0.05) is 30.5 Å². The van der Waals surface area contributed by atoms with Crippen molar-refractivity contribution in [2.45, 2.75) is 24.8 Å². The molecule has 0 radical (unpaired) electrons. The van der Waals surface area contributed by atoms with E-state index in [1.807, 2.05) is 57.1 Å². The van der Waals surface area contributed by atoms with Crippen LogP contribution in [0.15, 0.2) is 53.6 Å². The third kappa shape index (κ3) is 5.48. The molecule has 2 aromatic rings. The monoisotopic (exact) mass is 477 g/mol. The molecular formula is C21H24ClN5O2S2. The summed E-state index contributed by atoms with van der Waals surface area (Å²) in [6.07, 6.45) is 0.852. The molecule has 2 amide bonds. The first-order valence-electron chi connectivity index (χ1n) is 9.47. The van der Waals surface area contributed by atoms with Crippen LogP contribution in [0.1, 0.15) is 19.4 Å². The summed E-state index contributed by atoms with van der Waals surface area (Å²) in [5, 5.41) is 20.5. The Kier molecular flexibility index (Phi) is 7.10. The predicted molar refractivity (Wildman–Crippen MR) is 132 cm³/mol. The highest BCUT2D eigenvalue weighted by Gasteiger charge is 2.50. The molecule has 31 heavy (non-hydrogen) atoms. The van der Waals surface area contributed by atoms with E-state index in [1.54, 1.807) is 30.5 Å². The number of thioether (sulfide) groups is 1. The number of carbonyl (C=O) groups excluding carboxylic acids is 1. The number of urea groups is 1. The van der Waals surface area contributed by atoms with Crippen molar-refractivity contribution in [3.63, 3.8) is 0 Å². The van der Waals surface area contributed by atoms with Gasteiger partial charge in [-0.25, -0.2) is 9.80 Å². The molecule has 0 bridgehead atoms. The van der Waals surface area contributed by atoms with Gasteiger partial charge in [0.15, 0.2) is 10.5 Å². The van der Waals surface area contributed by atoms with Gasteiger partial charge in [0.1, 0.15) is 0 Å². The van der Waals surface area contributed by atoms with Crippen molar-refractivity contribution in [2.75, 3.05) is 24.3 Å². The minimum Gasteiger partial charge on any atom is -0.378 e. The molecule has 1 aliphatic heterocycles. The zero-order valence-corrected chi connectivity index (χ0v) is 20.0. The van der Waals surface area contributed by atoms with Gasteiger partial charge in [0.05, 0.1) is 11.0 Å². The predicted octanol–water partition coefficient (Wildman–Crippen LogP) is 5.10. The van der Waals surface area contributed by atoms with Crippen molar-refractivity contribution in [1.82, 2.24) is 10.1 Å². The van der Waals surface area contributed by atoms with E-state index in [9.17, 15) is 10.0 Å². The zero-order valence-electron chi connectivity index (χ0n) is 17.6. The molecule has 0 unspecified atom stereocenters. The number of carbonyl (C=O) groups is 1. The first-order chi connectivity index (χ1) is 14.6. The number of hydrogen-bond donors (Lipinski definition) is 2. The SMILES string of the molecule is CN(C)c1ccc(/C=N\N2C(=S)SC(C)(C)[C@H]2N(O)C(=O)Nc2cccc(Cl)c2)cc1. The van der Waals surface area contributed by atoms with Crippen LogP contribution in [0.4, 0.5) is 16.2 Å². The van der Waals surface area contributed by atoms with E-state index in [-0.39, 0.29) is 0 Å². The third-order valence-electron chi connectivity index (χ3n) is 4.65. The molecule has 1 fully saturated rings. The summed E-state index contributed by atoms with van der Waals surface area (Å²) < 4.78 is -0.130. The van der Waals surface area contributed by atoms with Gasteiger partial charge in [-0.15, -0.1) is 0 Å². The van der Waals surface area contributed by atoms with E-state index >= 15 is 0 Å². The number of hydroxylamine groups is 2. The first-order valence-corrected chi connectivity index (χ1v) is 11.1. The van der Waals surface area contributed by atoms with E-state index in [0.29, 0.717) is 20.1 Å². The fourth-order valence-electron chi connectivity index (χ4n) is 3.07. The Hall–Kier alpha value is -2.33. The Morgan fingerprint density at radius 3 is 2.58 bits per heavy atom. The fraction of sp³-hybridized carbons (Fsp3) is 0.286. The largest absolute Gasteiger partial charge is 0.378 e. The lowest BCUT2D eigenvalue weighted by atomic mass is 10.1. The van der Waals surface area contributed by atoms with Gasteiger partial charge in [-0.2, -0.15) is 10.2 Å². The van der Waals surface area contributed by atoms with Crippen LogP contribution in [-0.4, -0.2) is 56.9 Å². The quantitative estimate of drug-likeness (QED) is 0.270. The molecule has 1 atom stereocenters. The summed E-state index contributed by atoms with van der Waals surface area (Å²) in [5.41, 5.74) is 2.41. The Balaban J connectivity index is 1.80. The summed E-state index contributed by atoms with van der Waals surface area (Å²) in [6, 6.07) is 13.8. The lowest BCUT2D eigenvalue weighted by molar-refractivity contribution is -0.114. The molecule has 7 nitrogen and oxygen atoms in total. The van der Waals surface area contributed by atoms with Gasteiger partial charge in [-0.05, 0) is 49.7 Å². The van der Waals surface area contributed by atoms with Gasteiger partial charge < -0.3 is 10.2 Å². The number of rotatable bonds is 5. The molecule has 0 spiro atoms. The standard InChI is InChI=1S/C21H24ClN5O2S2/c1-21(2)18(27(29)19(28)24-16-7-5-6-15(22)12-16)26(20(30)31-21)23-13-14-8-10-17(11-9-14)25(3)4/h5-13,18,29H,1-4H3,(H,24,28)/b23-13-/t18-/m1/s1. The minimum absolute atomic E-state index is 0.464. The smallest absolute Gasteiger partial charge is 0.347 e. The Morgan fingerprint density at radius 1 is 1.29 bits per heavy atom. The maximum absolute atomic E-state index is 12.7. The third-order valence-corrected chi connectivity index (χ3v) is 6.42. The first kappa shape index (κ1) is 23.3. The van der Waals surface area contributed by atoms with Crippen LogP contribution in [0, 0.1) is 0 Å². The van der Waals surface area contributed by atoms with Crippen LogP contribution in [0.25, 0.3) is 0 Å². The van der Waals surface area contributed by atoms with Gasteiger partial charge in [0.25, 0.3) is 0 Å². The normalized spacial score (nSPS) is 17.8. The van der Waals surface area contributed by atoms with Crippen molar-refractivity contribution >= 4 is 63.5 Å². The van der Waals surface area contributed by atoms with Crippen LogP contribution in [0.3, 0.4) is 0 Å². The number of nitrogens with one attached hydrogen (secondary N) is 1. The topological polar surface area (TPSA) is 71.4 Å². The molecule has 1 aliphatic rings. The van der Waals surface area contributed by atoms with E-state index < -0.39 is 16.9 Å². The summed E-state index contributed by atoms with van der Waals surface area (Å²) in [4.78, 5) is 14.7. The lowest BCUT2D eigenvalue weighted by Gasteiger charge is -2.34. The second-order valence-corrected chi connectivity index (χ2v) is 10.4. The second-order valence-electron chi connectivity index (χ2n) is 7.71. The van der Waals surface area contributed by atoms with Crippen LogP contribution in [0.5, 0.6) is 0 Å². The molecular weight excluding hydrogens is 454 g/mol. The fourth-order valence-corrected chi connectivity index (χ4v) is 5.05. The lowest BCUT2D eigenvalue weighted by Crippen LogP contribution is -2.54. The highest BCUT2D eigenvalue weighted by atomic mass is 35.5. The summed E-state index contributed by atoms with van der Waals surface area (Å²) in [7, 11) is 3.94. The summed E-state index contributed by atoms with van der Waals surface area (Å²) >= 11 is 12.8. The Morgan fingerprint density at radius 2 is 1.97 bits per heavy atom. The highest BCUT2D eigenvalue weighted by molar-refractivity contribution is 8.24. The number of thiocarbonyl (C=S) groups is 1. The molecule has 10 heteroatoms. The molecule has 3 rings (SSSR count). The number of benzene rings is 2. The molecule has 0 aromatic heterocycles. The van der Waals surface area contributed by atoms with Gasteiger partial charge in [0.2, 0.25) is 0 Å². The van der Waals surface area contributed by atoms with Crippen molar-refractivity contribution in [3.05, 3.63) is 59.1 Å². The Labute approximate surface area is 196 Å². The summed E-state index contributed by atoms with van der Waals surface area (Å²) in [6.45, 7) is 3.79. The van der Waals surface area contributed by atoms with Crippen LogP contribution in [0.2, 0.25) is 5.02 Å². The van der Waals surface area contributed by atoms with Crippen LogP contribution in [-0.2, 0) is 0 Å². The number of anilines is 2. The van der Waals surface area contributed by atoms with Crippen molar-refractivity contribution < 1.29 is 10.0 Å². The molecule has 1 heterocycles. The number of amides is 2. The highest BCUT2D eigenvalue weighted by Crippen LogP contribution is 2.42. The van der Waals surface area contributed by atoms with Gasteiger partial charge >= 0.3 is 6.03 Å². The number of halogens is 1. The second kappa shape index (κ2) is 9.44. The Bertz CT molecular complexity index is 998. The molecule has 164 valence electrons. The maximum Gasteiger partial charge on any atom is 0.347 e. The van der Waals surface area contributed by atoms with Gasteiger partial charge in [-0.3, -0.25) is 5.21 Å². The van der Waals surface area contributed by atoms with E-state index in [1.165, 1.54) is 16.8 Å². The van der Waals surface area contributed by atoms with Crippen LogP contribution >= 0.6 is 35.6 Å². The minimum atomic E-state index is -0.804. The van der Waals surface area contributed by atoms with Crippen LogP contribution < -0.4 is 10.2 Å². The van der Waals surface area contributed by atoms with E-state index in [2.05, 4.69) is 10.4 Å². The maximum atomic E-state index is 12.7. The zero-order chi connectivity index (χ0) is 22.8. The van der Waals surface area contributed by atoms with Gasteiger partial charge in [-0.1, -0.05) is 53.8 Å². The van der Waals surface area contributed by atoms with E-state index in [4.69, 9.17) is 23.8 Å². The molecule has 0 aliphatic carbocycles. The number of nitrogens with zero attached hydrogens (tertiary/aromatic N) is 4. The average Bonchev–Trinajstić information content (AvgIpc) is 2.93. The van der Waals surface area contributed by atoms with Crippen molar-refractivity contribution in [2.24, 2.45) is 5.10 Å². The average molecular weight is 478 g/mol. The number of hydrazone groups is 1.